The number of esters is 1. The number of nitrogens with zero attached hydrogens (tertiary/aromatic N) is 2. The normalized spacial score (nSPS) is 19.2. The average molecular weight is 383 g/mol. The van der Waals surface area contributed by atoms with E-state index in [1.54, 1.807) is 11.6 Å². The number of nitrogens with one attached hydrogen (secondary N) is 1. The molecular formula is C22H29N3O3. The van der Waals surface area contributed by atoms with Gasteiger partial charge < -0.3 is 10.1 Å². The number of benzene rings is 1. The van der Waals surface area contributed by atoms with Crippen molar-refractivity contribution in [2.24, 2.45) is 5.92 Å². The third-order valence-corrected chi connectivity index (χ3v) is 5.55. The molecule has 0 spiro atoms. The van der Waals surface area contributed by atoms with Gasteiger partial charge in [-0.05, 0) is 38.2 Å². The molecule has 1 fully saturated rings. The van der Waals surface area contributed by atoms with Gasteiger partial charge in [-0.1, -0.05) is 50.1 Å². The van der Waals surface area contributed by atoms with Crippen LogP contribution in [0.2, 0.25) is 0 Å². The number of aryl methyl sites for hydroxylation is 1. The van der Waals surface area contributed by atoms with Crippen LogP contribution in [0.3, 0.4) is 0 Å². The minimum absolute atomic E-state index is 0.178. The average Bonchev–Trinajstić information content (AvgIpc) is 2.96. The van der Waals surface area contributed by atoms with E-state index < -0.39 is 5.97 Å². The number of hydrogen-bond donors (Lipinski definition) is 1. The van der Waals surface area contributed by atoms with Gasteiger partial charge in [-0.2, -0.15) is 5.10 Å². The predicted octanol–water partition coefficient (Wildman–Crippen LogP) is 3.40. The third-order valence-electron chi connectivity index (χ3n) is 5.55. The van der Waals surface area contributed by atoms with Crippen LogP contribution in [0.25, 0.3) is 0 Å². The number of rotatable bonds is 6. The molecule has 0 saturated heterocycles. The van der Waals surface area contributed by atoms with E-state index in [4.69, 9.17) is 4.74 Å². The second-order valence-corrected chi connectivity index (χ2v) is 7.70. The Bertz CT molecular complexity index is 829. The second kappa shape index (κ2) is 9.04. The first-order valence-electron chi connectivity index (χ1n) is 10.00. The fourth-order valence-corrected chi connectivity index (χ4v) is 3.89. The van der Waals surface area contributed by atoms with E-state index in [0.717, 1.165) is 30.5 Å². The van der Waals surface area contributed by atoms with Crippen molar-refractivity contribution in [2.75, 3.05) is 6.61 Å². The lowest BCUT2D eigenvalue weighted by Gasteiger charge is -2.29. The number of carbonyl (C=O) groups excluding carboxylic acids is 2. The van der Waals surface area contributed by atoms with Gasteiger partial charge in [0, 0.05) is 6.04 Å². The molecule has 1 aromatic carbocycles. The van der Waals surface area contributed by atoms with Crippen molar-refractivity contribution in [1.82, 2.24) is 15.1 Å². The molecule has 2 atom stereocenters. The molecular weight excluding hydrogens is 354 g/mol. The third kappa shape index (κ3) is 4.80. The second-order valence-electron chi connectivity index (χ2n) is 7.70. The van der Waals surface area contributed by atoms with Gasteiger partial charge in [0.15, 0.2) is 6.61 Å². The minimum atomic E-state index is -0.499. The van der Waals surface area contributed by atoms with Crippen LogP contribution < -0.4 is 5.32 Å². The number of ether oxygens (including phenoxy) is 1. The molecule has 1 amide bonds. The topological polar surface area (TPSA) is 73.2 Å². The maximum absolute atomic E-state index is 12.6. The summed E-state index contributed by atoms with van der Waals surface area (Å²) in [5, 5.41) is 7.48. The smallest absolute Gasteiger partial charge is 0.342 e. The largest absolute Gasteiger partial charge is 0.452 e. The number of carbonyl (C=O) groups is 2. The van der Waals surface area contributed by atoms with Crippen LogP contribution in [-0.2, 0) is 16.1 Å². The summed E-state index contributed by atoms with van der Waals surface area (Å²) in [6.45, 7) is 6.12. The Kier molecular flexibility index (Phi) is 6.49. The Labute approximate surface area is 166 Å². The van der Waals surface area contributed by atoms with Crippen molar-refractivity contribution < 1.29 is 14.3 Å². The quantitative estimate of drug-likeness (QED) is 0.776. The Balaban J connectivity index is 1.59. The molecule has 1 N–H and O–H groups in total. The molecule has 28 heavy (non-hydrogen) atoms. The highest BCUT2D eigenvalue weighted by molar-refractivity contribution is 5.93. The predicted molar refractivity (Wildman–Crippen MR) is 107 cm³/mol. The molecule has 6 heteroatoms. The van der Waals surface area contributed by atoms with Crippen LogP contribution in [0.4, 0.5) is 0 Å². The monoisotopic (exact) mass is 383 g/mol. The Morgan fingerprint density at radius 1 is 1.18 bits per heavy atom. The molecule has 1 heterocycles. The standard InChI is InChI=1S/C22H29N3O3/c1-15-9-7-8-12-19(15)23-20(26)14-28-22(27)21-16(2)24-25(17(21)3)13-18-10-5-4-6-11-18/h4-6,10-11,15,19H,7-9,12-14H2,1-3H3,(H,23,26)/t15-,19-/m0/s1. The molecule has 3 rings (SSSR count). The number of aromatic nitrogens is 2. The van der Waals surface area contributed by atoms with Gasteiger partial charge >= 0.3 is 5.97 Å². The lowest BCUT2D eigenvalue weighted by Crippen LogP contribution is -2.42. The summed E-state index contributed by atoms with van der Waals surface area (Å²) in [5.74, 6) is -0.269. The molecule has 0 unspecified atom stereocenters. The Morgan fingerprint density at radius 2 is 1.89 bits per heavy atom. The zero-order valence-corrected chi connectivity index (χ0v) is 16.9. The maximum Gasteiger partial charge on any atom is 0.342 e. The summed E-state index contributed by atoms with van der Waals surface area (Å²) in [6.07, 6.45) is 4.47. The van der Waals surface area contributed by atoms with E-state index in [1.165, 1.54) is 6.42 Å². The zero-order valence-electron chi connectivity index (χ0n) is 16.9. The molecule has 6 nitrogen and oxygen atoms in total. The fourth-order valence-electron chi connectivity index (χ4n) is 3.89. The van der Waals surface area contributed by atoms with Crippen LogP contribution in [-0.4, -0.2) is 34.3 Å². The minimum Gasteiger partial charge on any atom is -0.452 e. The van der Waals surface area contributed by atoms with Gasteiger partial charge in [0.1, 0.15) is 5.56 Å². The van der Waals surface area contributed by atoms with Crippen molar-refractivity contribution in [3.05, 3.63) is 52.8 Å². The van der Waals surface area contributed by atoms with E-state index in [2.05, 4.69) is 17.3 Å². The van der Waals surface area contributed by atoms with E-state index >= 15 is 0 Å². The van der Waals surface area contributed by atoms with Crippen LogP contribution in [0.5, 0.6) is 0 Å². The molecule has 1 saturated carbocycles. The van der Waals surface area contributed by atoms with E-state index in [0.29, 0.717) is 23.7 Å². The fraction of sp³-hybridized carbons (Fsp3) is 0.500. The van der Waals surface area contributed by atoms with Crippen LogP contribution in [0, 0.1) is 19.8 Å². The maximum atomic E-state index is 12.6. The number of hydrogen-bond acceptors (Lipinski definition) is 4. The van der Waals surface area contributed by atoms with Crippen molar-refractivity contribution in [3.63, 3.8) is 0 Å². The van der Waals surface area contributed by atoms with Gasteiger partial charge in [-0.15, -0.1) is 0 Å². The zero-order chi connectivity index (χ0) is 20.1. The van der Waals surface area contributed by atoms with Crippen LogP contribution >= 0.6 is 0 Å². The highest BCUT2D eigenvalue weighted by Crippen LogP contribution is 2.23. The van der Waals surface area contributed by atoms with Gasteiger partial charge in [0.2, 0.25) is 0 Å². The molecule has 1 aromatic heterocycles. The summed E-state index contributed by atoms with van der Waals surface area (Å²) in [7, 11) is 0. The molecule has 0 aliphatic heterocycles. The first kappa shape index (κ1) is 20.1. The van der Waals surface area contributed by atoms with E-state index in [9.17, 15) is 9.59 Å². The van der Waals surface area contributed by atoms with Crippen LogP contribution in [0.1, 0.15) is 59.9 Å². The first-order chi connectivity index (χ1) is 13.5. The van der Waals surface area contributed by atoms with E-state index in [1.807, 2.05) is 37.3 Å². The molecule has 0 bridgehead atoms. The summed E-state index contributed by atoms with van der Waals surface area (Å²) >= 11 is 0. The lowest BCUT2D eigenvalue weighted by molar-refractivity contribution is -0.125. The SMILES string of the molecule is Cc1nn(Cc2ccccc2)c(C)c1C(=O)OCC(=O)N[C@H]1CCCC[C@@H]1C. The summed E-state index contributed by atoms with van der Waals surface area (Å²) < 4.78 is 7.08. The lowest BCUT2D eigenvalue weighted by atomic mass is 9.86. The number of amides is 1. The summed E-state index contributed by atoms with van der Waals surface area (Å²) in [4.78, 5) is 24.8. The van der Waals surface area contributed by atoms with Crippen molar-refractivity contribution in [2.45, 2.75) is 59.0 Å². The van der Waals surface area contributed by atoms with Crippen molar-refractivity contribution in [3.8, 4) is 0 Å². The summed E-state index contributed by atoms with van der Waals surface area (Å²) in [5.41, 5.74) is 2.90. The van der Waals surface area contributed by atoms with Crippen LogP contribution in [0.15, 0.2) is 30.3 Å². The van der Waals surface area contributed by atoms with Crippen molar-refractivity contribution >= 4 is 11.9 Å². The van der Waals surface area contributed by atoms with Gasteiger partial charge in [-0.3, -0.25) is 9.48 Å². The molecule has 1 aliphatic rings. The Hall–Kier alpha value is -2.63. The van der Waals surface area contributed by atoms with Gasteiger partial charge in [0.25, 0.3) is 5.91 Å². The molecule has 1 aliphatic carbocycles. The van der Waals surface area contributed by atoms with Crippen molar-refractivity contribution in [1.29, 1.82) is 0 Å². The Morgan fingerprint density at radius 3 is 2.61 bits per heavy atom. The highest BCUT2D eigenvalue weighted by Gasteiger charge is 2.24. The van der Waals surface area contributed by atoms with E-state index in [-0.39, 0.29) is 18.6 Å². The molecule has 150 valence electrons. The van der Waals surface area contributed by atoms with Gasteiger partial charge in [0.05, 0.1) is 17.9 Å². The highest BCUT2D eigenvalue weighted by atomic mass is 16.5. The molecule has 2 aromatic rings. The van der Waals surface area contributed by atoms with Gasteiger partial charge in [-0.25, -0.2) is 4.79 Å². The first-order valence-corrected chi connectivity index (χ1v) is 10.00. The summed E-state index contributed by atoms with van der Waals surface area (Å²) in [6, 6.07) is 10.1. The molecule has 0 radical (unpaired) electrons.